The number of aromatic nitrogens is 5. The van der Waals surface area contributed by atoms with E-state index in [9.17, 15) is 9.59 Å². The molecule has 0 aliphatic heterocycles. The number of hydrogen-bond acceptors (Lipinski definition) is 7. The number of rotatable bonds is 7. The fourth-order valence-electron chi connectivity index (χ4n) is 3.25. The summed E-state index contributed by atoms with van der Waals surface area (Å²) in [4.78, 5) is 28.4. The summed E-state index contributed by atoms with van der Waals surface area (Å²) in [6.45, 7) is 2.66. The van der Waals surface area contributed by atoms with Crippen molar-refractivity contribution in [2.75, 3.05) is 6.54 Å². The summed E-state index contributed by atoms with van der Waals surface area (Å²) < 4.78 is 1.39. The van der Waals surface area contributed by atoms with Crippen LogP contribution in [0.3, 0.4) is 0 Å². The van der Waals surface area contributed by atoms with Gasteiger partial charge in [-0.1, -0.05) is 6.42 Å². The van der Waals surface area contributed by atoms with Crippen molar-refractivity contribution >= 4 is 23.2 Å². The third-order valence-electron chi connectivity index (χ3n) is 4.44. The lowest BCUT2D eigenvalue weighted by molar-refractivity contribution is -0.123. The average molecular weight is 377 g/mol. The van der Waals surface area contributed by atoms with Gasteiger partial charge >= 0.3 is 0 Å². The molecular formula is C16H23N7O2S. The summed E-state index contributed by atoms with van der Waals surface area (Å²) in [5, 5.41) is 19.6. The second-order valence-corrected chi connectivity index (χ2v) is 7.71. The van der Waals surface area contributed by atoms with E-state index in [0.717, 1.165) is 36.4 Å². The number of amides is 2. The van der Waals surface area contributed by atoms with E-state index in [-0.39, 0.29) is 24.4 Å². The van der Waals surface area contributed by atoms with E-state index in [4.69, 9.17) is 0 Å². The largest absolute Gasteiger partial charge is 0.354 e. The van der Waals surface area contributed by atoms with Crippen molar-refractivity contribution in [1.29, 1.82) is 0 Å². The molecule has 2 aromatic rings. The van der Waals surface area contributed by atoms with Crippen molar-refractivity contribution in [3.63, 3.8) is 0 Å². The third-order valence-corrected chi connectivity index (χ3v) is 5.26. The summed E-state index contributed by atoms with van der Waals surface area (Å²) in [5.41, 5.74) is 0.826. The number of carbonyl (C=O) groups is 2. The SMILES string of the molecule is Cc1nc(CC(=O)N[C@H]2CCC[C@@H](CNC(=O)Cn3cnnn3)C2)cs1. The predicted octanol–water partition coefficient (Wildman–Crippen LogP) is 0.472. The number of aryl methyl sites for hydroxylation is 1. The average Bonchev–Trinajstić information content (AvgIpc) is 3.25. The van der Waals surface area contributed by atoms with Crippen molar-refractivity contribution in [2.45, 2.75) is 51.6 Å². The minimum atomic E-state index is -0.109. The number of hydrogen-bond donors (Lipinski definition) is 2. The van der Waals surface area contributed by atoms with Gasteiger partial charge in [0.15, 0.2) is 0 Å². The summed E-state index contributed by atoms with van der Waals surface area (Å²) in [5.74, 6) is 0.277. The normalized spacial score (nSPS) is 19.9. The van der Waals surface area contributed by atoms with Gasteiger partial charge in [0.25, 0.3) is 0 Å². The maximum Gasteiger partial charge on any atom is 0.241 e. The van der Waals surface area contributed by atoms with Crippen LogP contribution in [0.25, 0.3) is 0 Å². The van der Waals surface area contributed by atoms with E-state index in [2.05, 4.69) is 31.1 Å². The Morgan fingerprint density at radius 1 is 1.35 bits per heavy atom. The minimum absolute atomic E-state index is 0.0173. The molecule has 1 aliphatic rings. The summed E-state index contributed by atoms with van der Waals surface area (Å²) in [6.07, 6.45) is 5.71. The lowest BCUT2D eigenvalue weighted by Gasteiger charge is -2.29. The molecule has 3 rings (SSSR count). The van der Waals surface area contributed by atoms with Gasteiger partial charge in [-0.2, -0.15) is 0 Å². The van der Waals surface area contributed by atoms with Crippen LogP contribution in [0.2, 0.25) is 0 Å². The highest BCUT2D eigenvalue weighted by atomic mass is 32.1. The summed E-state index contributed by atoms with van der Waals surface area (Å²) >= 11 is 1.56. The zero-order valence-electron chi connectivity index (χ0n) is 14.7. The maximum atomic E-state index is 12.2. The van der Waals surface area contributed by atoms with Crippen LogP contribution in [0.1, 0.15) is 36.4 Å². The standard InChI is InChI=1S/C16H23N7O2S/c1-11-19-14(9-26-11)6-15(24)20-13-4-2-3-12(5-13)7-17-16(25)8-23-10-18-21-22-23/h9-10,12-13H,2-8H2,1H3,(H,17,25)(H,20,24)/t12-,13+/m1/s1. The first kappa shape index (κ1) is 18.4. The van der Waals surface area contributed by atoms with Crippen LogP contribution in [0, 0.1) is 12.8 Å². The second-order valence-electron chi connectivity index (χ2n) is 6.64. The van der Waals surface area contributed by atoms with Crippen molar-refractivity contribution in [3.8, 4) is 0 Å². The van der Waals surface area contributed by atoms with E-state index in [0.29, 0.717) is 18.9 Å². The van der Waals surface area contributed by atoms with Crippen LogP contribution >= 0.6 is 11.3 Å². The molecule has 0 saturated heterocycles. The Morgan fingerprint density at radius 3 is 2.96 bits per heavy atom. The van der Waals surface area contributed by atoms with Crippen LogP contribution in [-0.2, 0) is 22.6 Å². The minimum Gasteiger partial charge on any atom is -0.354 e. The monoisotopic (exact) mass is 377 g/mol. The first-order chi connectivity index (χ1) is 12.6. The molecule has 0 bridgehead atoms. The number of tetrazole rings is 1. The molecule has 140 valence electrons. The number of nitrogens with one attached hydrogen (secondary N) is 2. The van der Waals surface area contributed by atoms with Crippen LogP contribution in [0.5, 0.6) is 0 Å². The molecule has 1 fully saturated rings. The Labute approximate surface area is 155 Å². The molecule has 2 N–H and O–H groups in total. The molecule has 9 nitrogen and oxygen atoms in total. The van der Waals surface area contributed by atoms with Crippen molar-refractivity contribution < 1.29 is 9.59 Å². The highest BCUT2D eigenvalue weighted by molar-refractivity contribution is 7.09. The molecule has 0 spiro atoms. The predicted molar refractivity (Wildman–Crippen MR) is 95.3 cm³/mol. The molecule has 1 aliphatic carbocycles. The summed E-state index contributed by atoms with van der Waals surface area (Å²) in [7, 11) is 0. The molecule has 0 aromatic carbocycles. The first-order valence-electron chi connectivity index (χ1n) is 8.76. The summed E-state index contributed by atoms with van der Waals surface area (Å²) in [6, 6.07) is 0.164. The van der Waals surface area contributed by atoms with E-state index in [1.54, 1.807) is 11.3 Å². The zero-order valence-corrected chi connectivity index (χ0v) is 15.5. The highest BCUT2D eigenvalue weighted by Crippen LogP contribution is 2.24. The van der Waals surface area contributed by atoms with Crippen LogP contribution < -0.4 is 10.6 Å². The van der Waals surface area contributed by atoms with Crippen LogP contribution in [0.15, 0.2) is 11.7 Å². The van der Waals surface area contributed by atoms with Crippen LogP contribution in [0.4, 0.5) is 0 Å². The molecule has 2 aromatic heterocycles. The topological polar surface area (TPSA) is 115 Å². The van der Waals surface area contributed by atoms with Crippen molar-refractivity contribution in [1.82, 2.24) is 35.8 Å². The fraction of sp³-hybridized carbons (Fsp3) is 0.625. The Balaban J connectivity index is 1.39. The van der Waals surface area contributed by atoms with Gasteiger partial charge in [-0.25, -0.2) is 9.67 Å². The van der Waals surface area contributed by atoms with Crippen LogP contribution in [-0.4, -0.2) is 49.6 Å². The molecule has 2 heterocycles. The van der Waals surface area contributed by atoms with Gasteiger partial charge in [-0.3, -0.25) is 9.59 Å². The Kier molecular flexibility index (Phi) is 6.26. The maximum absolute atomic E-state index is 12.2. The number of nitrogens with zero attached hydrogens (tertiary/aromatic N) is 5. The molecule has 0 unspecified atom stereocenters. The van der Waals surface area contributed by atoms with Gasteiger partial charge in [-0.05, 0) is 42.5 Å². The Hall–Kier alpha value is -2.36. The molecule has 1 saturated carbocycles. The third kappa shape index (κ3) is 5.58. The number of carbonyl (C=O) groups excluding carboxylic acids is 2. The lowest BCUT2D eigenvalue weighted by Crippen LogP contribution is -2.42. The number of thiazole rings is 1. The van der Waals surface area contributed by atoms with Gasteiger partial charge in [-0.15, -0.1) is 16.4 Å². The van der Waals surface area contributed by atoms with E-state index in [1.165, 1.54) is 11.0 Å². The fourth-order valence-corrected chi connectivity index (χ4v) is 3.87. The zero-order chi connectivity index (χ0) is 18.4. The Bertz CT molecular complexity index is 731. The van der Waals surface area contributed by atoms with E-state index < -0.39 is 0 Å². The molecule has 0 radical (unpaired) electrons. The first-order valence-corrected chi connectivity index (χ1v) is 9.64. The van der Waals surface area contributed by atoms with E-state index in [1.807, 2.05) is 12.3 Å². The van der Waals surface area contributed by atoms with Gasteiger partial charge in [0.2, 0.25) is 11.8 Å². The molecule has 2 atom stereocenters. The van der Waals surface area contributed by atoms with Crippen molar-refractivity contribution in [3.05, 3.63) is 22.4 Å². The van der Waals surface area contributed by atoms with Gasteiger partial charge in [0.05, 0.1) is 17.1 Å². The smallest absolute Gasteiger partial charge is 0.241 e. The Morgan fingerprint density at radius 2 is 2.23 bits per heavy atom. The van der Waals surface area contributed by atoms with Gasteiger partial charge < -0.3 is 10.6 Å². The van der Waals surface area contributed by atoms with Crippen molar-refractivity contribution in [2.24, 2.45) is 5.92 Å². The molecule has 2 amide bonds. The molecule has 10 heteroatoms. The van der Waals surface area contributed by atoms with Gasteiger partial charge in [0, 0.05) is 18.0 Å². The second kappa shape index (κ2) is 8.84. The molecular weight excluding hydrogens is 354 g/mol. The quantitative estimate of drug-likeness (QED) is 0.725. The van der Waals surface area contributed by atoms with Gasteiger partial charge in [0.1, 0.15) is 12.9 Å². The lowest BCUT2D eigenvalue weighted by atomic mass is 9.85. The van der Waals surface area contributed by atoms with E-state index >= 15 is 0 Å². The highest BCUT2D eigenvalue weighted by Gasteiger charge is 2.24. The molecule has 26 heavy (non-hydrogen) atoms.